The standard InChI is InChI=1S/C22H29N5O2/c1-17-6-4-5-7-19(17)13-25-10-8-22(15-25)9-11-26(16-22)21(29)27-14-20(12-23-27)24(3)18(2)28/h4-7,12,14H,8-11,13,15-16H2,1-3H3. The number of carbonyl (C=O) groups is 2. The van der Waals surface area contributed by atoms with Gasteiger partial charge in [0.1, 0.15) is 0 Å². The Kier molecular flexibility index (Phi) is 5.17. The van der Waals surface area contributed by atoms with Gasteiger partial charge < -0.3 is 9.80 Å². The van der Waals surface area contributed by atoms with Crippen molar-refractivity contribution >= 4 is 17.6 Å². The van der Waals surface area contributed by atoms with Crippen molar-refractivity contribution in [3.63, 3.8) is 0 Å². The maximum atomic E-state index is 12.9. The van der Waals surface area contributed by atoms with Gasteiger partial charge in [-0.1, -0.05) is 24.3 Å². The Bertz CT molecular complexity index is 923. The molecule has 3 heterocycles. The average molecular weight is 396 g/mol. The zero-order chi connectivity index (χ0) is 20.6. The summed E-state index contributed by atoms with van der Waals surface area (Å²) in [4.78, 5) is 30.4. The number of nitrogens with zero attached hydrogens (tertiary/aromatic N) is 5. The Hall–Kier alpha value is -2.67. The summed E-state index contributed by atoms with van der Waals surface area (Å²) in [5, 5.41) is 4.18. The van der Waals surface area contributed by atoms with Gasteiger partial charge in [0.15, 0.2) is 0 Å². The lowest BCUT2D eigenvalue weighted by molar-refractivity contribution is -0.116. The number of rotatable bonds is 3. The highest BCUT2D eigenvalue weighted by Gasteiger charge is 2.45. The first kappa shape index (κ1) is 19.6. The van der Waals surface area contributed by atoms with Crippen LogP contribution in [0.15, 0.2) is 36.7 Å². The summed E-state index contributed by atoms with van der Waals surface area (Å²) >= 11 is 0. The molecule has 0 radical (unpaired) electrons. The number of amides is 2. The molecule has 2 amide bonds. The minimum absolute atomic E-state index is 0.0863. The second-order valence-electron chi connectivity index (χ2n) is 8.56. The van der Waals surface area contributed by atoms with Crippen molar-refractivity contribution in [2.75, 3.05) is 38.1 Å². The molecular weight excluding hydrogens is 366 g/mol. The maximum Gasteiger partial charge on any atom is 0.344 e. The Morgan fingerprint density at radius 3 is 2.69 bits per heavy atom. The number of aryl methyl sites for hydroxylation is 1. The van der Waals surface area contributed by atoms with E-state index in [0.29, 0.717) is 5.69 Å². The normalized spacial score (nSPS) is 21.8. The fraction of sp³-hybridized carbons (Fsp3) is 0.500. The summed E-state index contributed by atoms with van der Waals surface area (Å²) in [6.07, 6.45) is 5.35. The monoisotopic (exact) mass is 395 g/mol. The van der Waals surface area contributed by atoms with Crippen LogP contribution in [0.3, 0.4) is 0 Å². The number of anilines is 1. The Morgan fingerprint density at radius 1 is 1.17 bits per heavy atom. The number of benzene rings is 1. The molecule has 7 heteroatoms. The van der Waals surface area contributed by atoms with Crippen molar-refractivity contribution in [2.45, 2.75) is 33.2 Å². The lowest BCUT2D eigenvalue weighted by atomic mass is 9.86. The fourth-order valence-electron chi connectivity index (χ4n) is 4.54. The molecule has 2 aromatic rings. The molecule has 154 valence electrons. The predicted molar refractivity (Wildman–Crippen MR) is 112 cm³/mol. The highest BCUT2D eigenvalue weighted by atomic mass is 16.2. The summed E-state index contributed by atoms with van der Waals surface area (Å²) in [7, 11) is 1.68. The summed E-state index contributed by atoms with van der Waals surface area (Å²) in [5.74, 6) is -0.0863. The van der Waals surface area contributed by atoms with Gasteiger partial charge in [0, 0.05) is 45.6 Å². The minimum atomic E-state index is -0.109. The highest BCUT2D eigenvalue weighted by Crippen LogP contribution is 2.40. The fourth-order valence-corrected chi connectivity index (χ4v) is 4.54. The Labute approximate surface area is 171 Å². The van der Waals surface area contributed by atoms with E-state index in [0.717, 1.165) is 45.6 Å². The Balaban J connectivity index is 1.38. The van der Waals surface area contributed by atoms with Gasteiger partial charge in [0.2, 0.25) is 5.91 Å². The lowest BCUT2D eigenvalue weighted by Crippen LogP contribution is -2.36. The molecule has 1 unspecified atom stereocenters. The molecule has 2 aliphatic rings. The van der Waals surface area contributed by atoms with Crippen molar-refractivity contribution in [3.8, 4) is 0 Å². The van der Waals surface area contributed by atoms with E-state index in [9.17, 15) is 9.59 Å². The van der Waals surface area contributed by atoms with Crippen molar-refractivity contribution in [1.29, 1.82) is 0 Å². The van der Waals surface area contributed by atoms with Crippen LogP contribution in [0.25, 0.3) is 0 Å². The summed E-state index contributed by atoms with van der Waals surface area (Å²) in [6.45, 7) is 8.27. The van der Waals surface area contributed by atoms with Crippen LogP contribution in [0.4, 0.5) is 10.5 Å². The van der Waals surface area contributed by atoms with Crippen LogP contribution in [0.1, 0.15) is 30.9 Å². The molecule has 0 N–H and O–H groups in total. The quantitative estimate of drug-likeness (QED) is 0.802. The summed E-state index contributed by atoms with van der Waals surface area (Å²) in [5.41, 5.74) is 3.53. The minimum Gasteiger partial charge on any atom is -0.322 e. The van der Waals surface area contributed by atoms with E-state index < -0.39 is 0 Å². The SMILES string of the molecule is CC(=O)N(C)c1cnn(C(=O)N2CCC3(CCN(Cc4ccccc4C)C3)C2)c1. The van der Waals surface area contributed by atoms with Crippen LogP contribution in [0.5, 0.6) is 0 Å². The topological polar surface area (TPSA) is 61.7 Å². The van der Waals surface area contributed by atoms with Crippen molar-refractivity contribution < 1.29 is 9.59 Å². The van der Waals surface area contributed by atoms with Crippen molar-refractivity contribution in [2.24, 2.45) is 5.41 Å². The zero-order valence-electron chi connectivity index (χ0n) is 17.5. The molecule has 0 aliphatic carbocycles. The molecule has 7 nitrogen and oxygen atoms in total. The van der Waals surface area contributed by atoms with E-state index in [4.69, 9.17) is 0 Å². The molecule has 1 spiro atoms. The first-order chi connectivity index (χ1) is 13.9. The van der Waals surface area contributed by atoms with Crippen LogP contribution < -0.4 is 4.90 Å². The second kappa shape index (κ2) is 7.63. The second-order valence-corrected chi connectivity index (χ2v) is 8.56. The first-order valence-corrected chi connectivity index (χ1v) is 10.2. The number of carbonyl (C=O) groups excluding carboxylic acids is 2. The number of likely N-dealkylation sites (tertiary alicyclic amines) is 2. The molecule has 2 fully saturated rings. The van der Waals surface area contributed by atoms with Gasteiger partial charge in [-0.15, -0.1) is 0 Å². The van der Waals surface area contributed by atoms with E-state index in [-0.39, 0.29) is 17.4 Å². The van der Waals surface area contributed by atoms with Crippen LogP contribution in [0.2, 0.25) is 0 Å². The van der Waals surface area contributed by atoms with Gasteiger partial charge in [0.05, 0.1) is 18.1 Å². The van der Waals surface area contributed by atoms with Crippen LogP contribution >= 0.6 is 0 Å². The van der Waals surface area contributed by atoms with Gasteiger partial charge in [-0.05, 0) is 37.4 Å². The van der Waals surface area contributed by atoms with Gasteiger partial charge in [-0.3, -0.25) is 9.69 Å². The molecule has 0 bridgehead atoms. The van der Waals surface area contributed by atoms with Crippen LogP contribution in [-0.4, -0.2) is 64.7 Å². The van der Waals surface area contributed by atoms with E-state index in [1.807, 2.05) is 4.90 Å². The molecule has 1 aromatic heterocycles. The lowest BCUT2D eigenvalue weighted by Gasteiger charge is -2.25. The van der Waals surface area contributed by atoms with E-state index in [2.05, 4.69) is 41.2 Å². The van der Waals surface area contributed by atoms with Gasteiger partial charge in [-0.25, -0.2) is 4.79 Å². The maximum absolute atomic E-state index is 12.9. The van der Waals surface area contributed by atoms with E-state index in [1.54, 1.807) is 19.4 Å². The predicted octanol–water partition coefficient (Wildman–Crippen LogP) is 2.74. The summed E-state index contributed by atoms with van der Waals surface area (Å²) in [6, 6.07) is 8.45. The third-order valence-corrected chi connectivity index (χ3v) is 6.51. The molecule has 1 aromatic carbocycles. The molecule has 0 saturated carbocycles. The van der Waals surface area contributed by atoms with Crippen LogP contribution in [0, 0.1) is 12.3 Å². The van der Waals surface area contributed by atoms with Gasteiger partial charge >= 0.3 is 6.03 Å². The Morgan fingerprint density at radius 2 is 1.93 bits per heavy atom. The smallest absolute Gasteiger partial charge is 0.322 e. The van der Waals surface area contributed by atoms with Crippen molar-refractivity contribution in [3.05, 3.63) is 47.8 Å². The molecule has 2 aliphatic heterocycles. The zero-order valence-corrected chi connectivity index (χ0v) is 17.5. The number of aromatic nitrogens is 2. The van der Waals surface area contributed by atoms with E-state index in [1.165, 1.54) is 27.6 Å². The first-order valence-electron chi connectivity index (χ1n) is 10.2. The molecule has 29 heavy (non-hydrogen) atoms. The number of hydrogen-bond acceptors (Lipinski definition) is 4. The molecule has 2 saturated heterocycles. The van der Waals surface area contributed by atoms with Gasteiger partial charge in [-0.2, -0.15) is 9.78 Å². The average Bonchev–Trinajstić information content (AvgIpc) is 3.43. The van der Waals surface area contributed by atoms with Crippen LogP contribution in [-0.2, 0) is 11.3 Å². The largest absolute Gasteiger partial charge is 0.344 e. The third kappa shape index (κ3) is 3.92. The van der Waals surface area contributed by atoms with E-state index >= 15 is 0 Å². The summed E-state index contributed by atoms with van der Waals surface area (Å²) < 4.78 is 1.36. The third-order valence-electron chi connectivity index (χ3n) is 6.51. The van der Waals surface area contributed by atoms with Crippen molar-refractivity contribution in [1.82, 2.24) is 19.6 Å². The molecule has 1 atom stereocenters. The highest BCUT2D eigenvalue weighted by molar-refractivity contribution is 5.91. The molecular formula is C22H29N5O2. The molecule has 4 rings (SSSR count). The number of hydrogen-bond donors (Lipinski definition) is 0. The van der Waals surface area contributed by atoms with Gasteiger partial charge in [0.25, 0.3) is 0 Å².